The molecule has 0 unspecified atom stereocenters. The van der Waals surface area contributed by atoms with Crippen LogP contribution in [-0.4, -0.2) is 15.9 Å². The summed E-state index contributed by atoms with van der Waals surface area (Å²) in [7, 11) is 0. The minimum absolute atomic E-state index is 0.317. The molecule has 118 valence electrons. The second-order valence-corrected chi connectivity index (χ2v) is 7.77. The van der Waals surface area contributed by atoms with E-state index >= 15 is 0 Å². The van der Waals surface area contributed by atoms with E-state index in [2.05, 4.69) is 11.1 Å². The zero-order valence-corrected chi connectivity index (χ0v) is 14.4. The number of nitrogens with zero attached hydrogens (tertiary/aromatic N) is 2. The Bertz CT molecular complexity index is 854. The predicted molar refractivity (Wildman–Crippen MR) is 99.4 cm³/mol. The summed E-state index contributed by atoms with van der Waals surface area (Å²) in [5.74, 6) is 0.317. The molecule has 1 aromatic carbocycles. The lowest BCUT2D eigenvalue weighted by Gasteiger charge is -2.23. The molecule has 3 nitrogen and oxygen atoms in total. The van der Waals surface area contributed by atoms with Gasteiger partial charge < -0.3 is 5.11 Å². The SMILES string of the molecule is Oc1c(C=C2C=Nc3ccccc32)sc(=S)n1C1CCCCC1. The zero-order chi connectivity index (χ0) is 15.8. The van der Waals surface area contributed by atoms with Crippen molar-refractivity contribution in [3.05, 3.63) is 38.7 Å². The summed E-state index contributed by atoms with van der Waals surface area (Å²) in [4.78, 5) is 5.25. The van der Waals surface area contributed by atoms with Gasteiger partial charge in [-0.2, -0.15) is 0 Å². The maximum Gasteiger partial charge on any atom is 0.210 e. The Morgan fingerprint density at radius 3 is 2.83 bits per heavy atom. The first-order valence-corrected chi connectivity index (χ1v) is 9.26. The number of hydrogen-bond acceptors (Lipinski definition) is 4. The van der Waals surface area contributed by atoms with Gasteiger partial charge in [-0.25, -0.2) is 0 Å². The molecule has 1 aliphatic carbocycles. The van der Waals surface area contributed by atoms with Crippen LogP contribution in [0.25, 0.3) is 11.6 Å². The highest BCUT2D eigenvalue weighted by Gasteiger charge is 2.22. The number of aliphatic imine (C=N–C) groups is 1. The van der Waals surface area contributed by atoms with Crippen molar-refractivity contribution in [2.75, 3.05) is 0 Å². The van der Waals surface area contributed by atoms with Gasteiger partial charge in [0.2, 0.25) is 5.88 Å². The monoisotopic (exact) mass is 342 g/mol. The van der Waals surface area contributed by atoms with Gasteiger partial charge in [-0.3, -0.25) is 9.56 Å². The maximum absolute atomic E-state index is 10.7. The van der Waals surface area contributed by atoms with Crippen molar-refractivity contribution in [1.82, 2.24) is 4.57 Å². The van der Waals surface area contributed by atoms with Crippen LogP contribution in [0.15, 0.2) is 29.3 Å². The molecule has 0 amide bonds. The van der Waals surface area contributed by atoms with Gasteiger partial charge in [-0.1, -0.05) is 37.5 Å². The summed E-state index contributed by atoms with van der Waals surface area (Å²) in [6.45, 7) is 0. The largest absolute Gasteiger partial charge is 0.493 e. The third kappa shape index (κ3) is 2.68. The van der Waals surface area contributed by atoms with E-state index in [9.17, 15) is 5.11 Å². The summed E-state index contributed by atoms with van der Waals surface area (Å²) in [6.07, 6.45) is 9.81. The summed E-state index contributed by atoms with van der Waals surface area (Å²) >= 11 is 7.00. The van der Waals surface area contributed by atoms with Crippen molar-refractivity contribution in [2.24, 2.45) is 4.99 Å². The Labute approximate surface area is 144 Å². The molecule has 1 aromatic heterocycles. The fraction of sp³-hybridized carbons (Fsp3) is 0.333. The van der Waals surface area contributed by atoms with Crippen LogP contribution in [0.4, 0.5) is 5.69 Å². The molecule has 2 heterocycles. The van der Waals surface area contributed by atoms with Crippen molar-refractivity contribution >= 4 is 47.1 Å². The van der Waals surface area contributed by atoms with Crippen molar-refractivity contribution in [1.29, 1.82) is 0 Å². The quantitative estimate of drug-likeness (QED) is 0.706. The number of hydrogen-bond donors (Lipinski definition) is 1. The highest BCUT2D eigenvalue weighted by molar-refractivity contribution is 7.73. The normalized spacial score (nSPS) is 19.4. The Balaban J connectivity index is 1.73. The van der Waals surface area contributed by atoms with Crippen LogP contribution in [0.2, 0.25) is 0 Å². The Morgan fingerprint density at radius 1 is 1.22 bits per heavy atom. The van der Waals surface area contributed by atoms with Crippen molar-refractivity contribution in [2.45, 2.75) is 38.1 Å². The van der Waals surface area contributed by atoms with E-state index in [1.165, 1.54) is 30.6 Å². The van der Waals surface area contributed by atoms with Gasteiger partial charge in [-0.15, -0.1) is 11.3 Å². The first-order valence-electron chi connectivity index (χ1n) is 8.03. The van der Waals surface area contributed by atoms with Crippen LogP contribution < -0.4 is 0 Å². The minimum atomic E-state index is 0.317. The first-order chi connectivity index (χ1) is 11.2. The van der Waals surface area contributed by atoms with E-state index in [-0.39, 0.29) is 0 Å². The molecule has 2 aliphatic rings. The summed E-state index contributed by atoms with van der Waals surface area (Å²) in [5, 5.41) is 10.7. The fourth-order valence-corrected chi connectivity index (χ4v) is 4.85. The molecule has 0 bridgehead atoms. The summed E-state index contributed by atoms with van der Waals surface area (Å²) < 4.78 is 2.73. The second-order valence-electron chi connectivity index (χ2n) is 6.09. The van der Waals surface area contributed by atoms with Crippen LogP contribution >= 0.6 is 23.6 Å². The summed E-state index contributed by atoms with van der Waals surface area (Å²) in [6, 6.07) is 8.41. The van der Waals surface area contributed by atoms with Gasteiger partial charge >= 0.3 is 0 Å². The lowest BCUT2D eigenvalue weighted by molar-refractivity contribution is 0.312. The molecule has 1 fully saturated rings. The number of fused-ring (bicyclic) bond motifs is 1. The Hall–Kier alpha value is -1.72. The number of benzene rings is 1. The van der Waals surface area contributed by atoms with Crippen LogP contribution in [0.3, 0.4) is 0 Å². The third-order valence-electron chi connectivity index (χ3n) is 4.63. The van der Waals surface area contributed by atoms with Gasteiger partial charge in [0.1, 0.15) is 0 Å². The molecule has 2 aromatic rings. The number of aromatic hydroxyl groups is 1. The number of aromatic nitrogens is 1. The third-order valence-corrected chi connectivity index (χ3v) is 5.97. The van der Waals surface area contributed by atoms with E-state index in [4.69, 9.17) is 12.2 Å². The van der Waals surface area contributed by atoms with E-state index in [1.807, 2.05) is 35.1 Å². The predicted octanol–water partition coefficient (Wildman–Crippen LogP) is 5.75. The fourth-order valence-electron chi connectivity index (χ4n) is 3.44. The molecular formula is C18H18N2OS2. The minimum Gasteiger partial charge on any atom is -0.493 e. The lowest BCUT2D eigenvalue weighted by Crippen LogP contribution is -2.12. The number of rotatable bonds is 2. The average molecular weight is 342 g/mol. The van der Waals surface area contributed by atoms with Crippen molar-refractivity contribution < 1.29 is 5.11 Å². The second kappa shape index (κ2) is 6.06. The van der Waals surface area contributed by atoms with Gasteiger partial charge in [-0.05, 0) is 37.2 Å². The van der Waals surface area contributed by atoms with E-state index in [1.54, 1.807) is 0 Å². The maximum atomic E-state index is 10.7. The van der Waals surface area contributed by atoms with E-state index in [0.717, 1.165) is 38.5 Å². The molecular weight excluding hydrogens is 324 g/mol. The van der Waals surface area contributed by atoms with Crippen LogP contribution in [0.5, 0.6) is 5.88 Å². The lowest BCUT2D eigenvalue weighted by atomic mass is 9.95. The molecule has 0 radical (unpaired) electrons. The molecule has 1 saturated carbocycles. The van der Waals surface area contributed by atoms with Crippen LogP contribution in [0, 0.1) is 3.95 Å². The topological polar surface area (TPSA) is 37.5 Å². The van der Waals surface area contributed by atoms with Crippen molar-refractivity contribution in [3.63, 3.8) is 0 Å². The molecule has 4 rings (SSSR count). The molecule has 1 aliphatic heterocycles. The van der Waals surface area contributed by atoms with Gasteiger partial charge in [0.05, 0.1) is 10.6 Å². The highest BCUT2D eigenvalue weighted by atomic mass is 32.1. The van der Waals surface area contributed by atoms with Crippen LogP contribution in [0.1, 0.15) is 48.6 Å². The molecule has 0 spiro atoms. The number of thiazole rings is 1. The number of allylic oxidation sites excluding steroid dienone is 1. The first kappa shape index (κ1) is 14.8. The highest BCUT2D eigenvalue weighted by Crippen LogP contribution is 2.39. The molecule has 23 heavy (non-hydrogen) atoms. The van der Waals surface area contributed by atoms with Crippen LogP contribution in [-0.2, 0) is 0 Å². The van der Waals surface area contributed by atoms with Gasteiger partial charge in [0.25, 0.3) is 0 Å². The van der Waals surface area contributed by atoms with Gasteiger partial charge in [0.15, 0.2) is 3.95 Å². The zero-order valence-electron chi connectivity index (χ0n) is 12.7. The molecule has 5 heteroatoms. The standard InChI is InChI=1S/C18H18N2OS2/c21-17-16(10-12-11-19-15-9-5-4-8-14(12)15)23-18(22)20(17)13-6-2-1-3-7-13/h4-5,8-11,13,21H,1-3,6-7H2. The van der Waals surface area contributed by atoms with Crippen molar-refractivity contribution in [3.8, 4) is 5.88 Å². The van der Waals surface area contributed by atoms with E-state index < -0.39 is 0 Å². The van der Waals surface area contributed by atoms with Gasteiger partial charge in [0, 0.05) is 23.4 Å². The Morgan fingerprint density at radius 2 is 2.00 bits per heavy atom. The average Bonchev–Trinajstić information content (AvgIpc) is 3.10. The van der Waals surface area contributed by atoms with E-state index in [0.29, 0.717) is 11.9 Å². The smallest absolute Gasteiger partial charge is 0.210 e. The molecule has 0 atom stereocenters. The number of para-hydroxylation sites is 1. The molecule has 1 N–H and O–H groups in total. The Kier molecular flexibility index (Phi) is 3.91. The molecule has 0 saturated heterocycles. The summed E-state index contributed by atoms with van der Waals surface area (Å²) in [5.41, 5.74) is 3.12.